The molecule has 0 aliphatic heterocycles. The average molecular weight is 364 g/mol. The van der Waals surface area contributed by atoms with Crippen molar-refractivity contribution in [3.8, 4) is 0 Å². The standard InChI is InChI=1S/C17H21N3O2S2/c1-12-4-8-15(9-5-12)19-17(23)20(3)13(2)14-6-10-16(11-7-14)24(18,21)22/h4-11,13H,1-3H3,(H,19,23)(H2,18,21,22)/t13-/m0/s1. The number of primary sulfonamides is 1. The van der Waals surface area contributed by atoms with Crippen molar-refractivity contribution in [3.05, 3.63) is 59.7 Å². The van der Waals surface area contributed by atoms with Gasteiger partial charge in [0, 0.05) is 12.7 Å². The summed E-state index contributed by atoms with van der Waals surface area (Å²) in [4.78, 5) is 2.02. The van der Waals surface area contributed by atoms with E-state index in [0.717, 1.165) is 11.3 Å². The molecule has 7 heteroatoms. The van der Waals surface area contributed by atoms with E-state index in [2.05, 4.69) is 5.32 Å². The van der Waals surface area contributed by atoms with E-state index >= 15 is 0 Å². The van der Waals surface area contributed by atoms with Crippen LogP contribution in [-0.2, 0) is 10.0 Å². The van der Waals surface area contributed by atoms with Crippen LogP contribution < -0.4 is 10.5 Å². The molecule has 0 spiro atoms. The predicted octanol–water partition coefficient (Wildman–Crippen LogP) is 3.03. The van der Waals surface area contributed by atoms with Crippen LogP contribution in [0.2, 0.25) is 0 Å². The number of nitrogens with one attached hydrogen (secondary N) is 1. The summed E-state index contributed by atoms with van der Waals surface area (Å²) in [6.07, 6.45) is 0. The van der Waals surface area contributed by atoms with Gasteiger partial charge in [-0.2, -0.15) is 0 Å². The number of sulfonamides is 1. The van der Waals surface area contributed by atoms with E-state index in [-0.39, 0.29) is 10.9 Å². The molecule has 0 saturated heterocycles. The quantitative estimate of drug-likeness (QED) is 0.817. The van der Waals surface area contributed by atoms with Crippen molar-refractivity contribution in [2.45, 2.75) is 24.8 Å². The largest absolute Gasteiger partial charge is 0.345 e. The molecule has 2 aromatic rings. The summed E-state index contributed by atoms with van der Waals surface area (Å²) in [5, 5.41) is 8.90. The van der Waals surface area contributed by atoms with Crippen molar-refractivity contribution in [2.75, 3.05) is 12.4 Å². The molecular weight excluding hydrogens is 342 g/mol. The number of thiocarbonyl (C=S) groups is 1. The molecule has 5 nitrogen and oxygen atoms in total. The number of nitrogens with two attached hydrogens (primary N) is 1. The highest BCUT2D eigenvalue weighted by Gasteiger charge is 2.16. The molecule has 0 unspecified atom stereocenters. The van der Waals surface area contributed by atoms with Crippen LogP contribution in [0.5, 0.6) is 0 Å². The maximum absolute atomic E-state index is 11.3. The normalized spacial score (nSPS) is 12.5. The zero-order valence-electron chi connectivity index (χ0n) is 13.9. The highest BCUT2D eigenvalue weighted by molar-refractivity contribution is 7.89. The molecule has 3 N–H and O–H groups in total. The van der Waals surface area contributed by atoms with Crippen molar-refractivity contribution in [1.29, 1.82) is 0 Å². The minimum absolute atomic E-state index is 0.0232. The third-order valence-corrected chi connectivity index (χ3v) is 5.21. The van der Waals surface area contributed by atoms with Crippen LogP contribution in [0.4, 0.5) is 5.69 Å². The Balaban J connectivity index is 2.09. The number of benzene rings is 2. The minimum Gasteiger partial charge on any atom is -0.345 e. The van der Waals surface area contributed by atoms with Gasteiger partial charge in [-0.15, -0.1) is 0 Å². The van der Waals surface area contributed by atoms with Gasteiger partial charge in [0.2, 0.25) is 10.0 Å². The Morgan fingerprint density at radius 1 is 1.12 bits per heavy atom. The van der Waals surface area contributed by atoms with E-state index in [9.17, 15) is 8.42 Å². The Morgan fingerprint density at radius 3 is 2.17 bits per heavy atom. The Kier molecular flexibility index (Phi) is 5.58. The molecule has 2 aromatic carbocycles. The Labute approximate surface area is 148 Å². The van der Waals surface area contributed by atoms with Crippen LogP contribution in [0.3, 0.4) is 0 Å². The van der Waals surface area contributed by atoms with Crippen molar-refractivity contribution in [3.63, 3.8) is 0 Å². The van der Waals surface area contributed by atoms with Gasteiger partial charge in [0.15, 0.2) is 5.11 Å². The molecule has 1 atom stereocenters. The second kappa shape index (κ2) is 7.29. The van der Waals surface area contributed by atoms with Gasteiger partial charge in [0.1, 0.15) is 0 Å². The smallest absolute Gasteiger partial charge is 0.238 e. The fraction of sp³-hybridized carbons (Fsp3) is 0.235. The van der Waals surface area contributed by atoms with Gasteiger partial charge >= 0.3 is 0 Å². The van der Waals surface area contributed by atoms with Crippen molar-refractivity contribution >= 4 is 33.0 Å². The first-order valence-corrected chi connectivity index (χ1v) is 9.37. The first-order valence-electron chi connectivity index (χ1n) is 7.42. The third-order valence-electron chi connectivity index (χ3n) is 3.90. The lowest BCUT2D eigenvalue weighted by molar-refractivity contribution is 0.408. The summed E-state index contributed by atoms with van der Waals surface area (Å²) in [5.41, 5.74) is 3.05. The minimum atomic E-state index is -3.68. The molecule has 0 aliphatic rings. The van der Waals surface area contributed by atoms with Crippen LogP contribution >= 0.6 is 12.2 Å². The van der Waals surface area contributed by atoms with Gasteiger partial charge in [0.25, 0.3) is 0 Å². The van der Waals surface area contributed by atoms with Crippen LogP contribution in [0.15, 0.2) is 53.4 Å². The molecule has 0 heterocycles. The SMILES string of the molecule is Cc1ccc(NC(=S)N(C)[C@@H](C)c2ccc(S(N)(=O)=O)cc2)cc1. The van der Waals surface area contributed by atoms with E-state index < -0.39 is 10.0 Å². The molecule has 2 rings (SSSR count). The molecule has 128 valence electrons. The summed E-state index contributed by atoms with van der Waals surface area (Å²) in [6.45, 7) is 4.02. The molecule has 0 amide bonds. The van der Waals surface area contributed by atoms with Gasteiger partial charge in [-0.1, -0.05) is 29.8 Å². The van der Waals surface area contributed by atoms with E-state index in [4.69, 9.17) is 17.4 Å². The number of rotatable bonds is 4. The summed E-state index contributed by atoms with van der Waals surface area (Å²) in [7, 11) is -1.79. The molecular formula is C17H21N3O2S2. The Bertz CT molecular complexity index is 816. The van der Waals surface area contributed by atoms with Crippen LogP contribution in [0, 0.1) is 6.92 Å². The third kappa shape index (κ3) is 4.53. The Hall–Kier alpha value is -1.96. The van der Waals surface area contributed by atoms with E-state index in [1.807, 2.05) is 50.1 Å². The average Bonchev–Trinajstić information content (AvgIpc) is 2.55. The van der Waals surface area contributed by atoms with Gasteiger partial charge in [-0.3, -0.25) is 0 Å². The Morgan fingerprint density at radius 2 is 1.67 bits per heavy atom. The van der Waals surface area contributed by atoms with Crippen LogP contribution in [-0.4, -0.2) is 25.5 Å². The zero-order valence-corrected chi connectivity index (χ0v) is 15.5. The van der Waals surface area contributed by atoms with E-state index in [1.165, 1.54) is 17.7 Å². The van der Waals surface area contributed by atoms with E-state index in [1.54, 1.807) is 12.1 Å². The van der Waals surface area contributed by atoms with Crippen LogP contribution in [0.25, 0.3) is 0 Å². The fourth-order valence-corrected chi connectivity index (χ4v) is 2.98. The topological polar surface area (TPSA) is 75.4 Å². The van der Waals surface area contributed by atoms with Crippen LogP contribution in [0.1, 0.15) is 24.1 Å². The molecule has 0 fully saturated rings. The highest BCUT2D eigenvalue weighted by Crippen LogP contribution is 2.21. The van der Waals surface area contributed by atoms with Crippen molar-refractivity contribution in [2.24, 2.45) is 5.14 Å². The maximum atomic E-state index is 11.3. The van der Waals surface area contributed by atoms with Gasteiger partial charge < -0.3 is 10.2 Å². The van der Waals surface area contributed by atoms with Gasteiger partial charge in [-0.25, -0.2) is 13.6 Å². The number of nitrogens with zero attached hydrogens (tertiary/aromatic N) is 1. The first kappa shape index (κ1) is 18.4. The van der Waals surface area contributed by atoms with Gasteiger partial charge in [0.05, 0.1) is 10.9 Å². The molecule has 0 aromatic heterocycles. The highest BCUT2D eigenvalue weighted by atomic mass is 32.2. The fourth-order valence-electron chi connectivity index (χ4n) is 2.18. The molecule has 0 bridgehead atoms. The lowest BCUT2D eigenvalue weighted by Gasteiger charge is -2.28. The second-order valence-corrected chi connectivity index (χ2v) is 7.65. The monoisotopic (exact) mass is 363 g/mol. The number of hydrogen-bond acceptors (Lipinski definition) is 3. The zero-order chi connectivity index (χ0) is 17.9. The molecule has 0 saturated carbocycles. The summed E-state index contributed by atoms with van der Waals surface area (Å²) in [6, 6.07) is 14.5. The van der Waals surface area contributed by atoms with E-state index in [0.29, 0.717) is 5.11 Å². The molecule has 0 radical (unpaired) electrons. The molecule has 0 aliphatic carbocycles. The lowest BCUT2D eigenvalue weighted by atomic mass is 10.1. The lowest BCUT2D eigenvalue weighted by Crippen LogP contribution is -2.33. The predicted molar refractivity (Wildman–Crippen MR) is 101 cm³/mol. The number of aryl methyl sites for hydroxylation is 1. The number of hydrogen-bond donors (Lipinski definition) is 2. The second-order valence-electron chi connectivity index (χ2n) is 5.70. The molecule has 24 heavy (non-hydrogen) atoms. The summed E-state index contributed by atoms with van der Waals surface area (Å²) in [5.74, 6) is 0. The summed E-state index contributed by atoms with van der Waals surface area (Å²) < 4.78 is 22.6. The number of anilines is 1. The van der Waals surface area contributed by atoms with Gasteiger partial charge in [-0.05, 0) is 55.9 Å². The first-order chi connectivity index (χ1) is 11.2. The van der Waals surface area contributed by atoms with Crippen molar-refractivity contribution < 1.29 is 8.42 Å². The maximum Gasteiger partial charge on any atom is 0.238 e. The summed E-state index contributed by atoms with van der Waals surface area (Å²) >= 11 is 5.45. The van der Waals surface area contributed by atoms with Crippen molar-refractivity contribution in [1.82, 2.24) is 4.90 Å².